The summed E-state index contributed by atoms with van der Waals surface area (Å²) < 4.78 is 5.28. The third kappa shape index (κ3) is 4.26. The Morgan fingerprint density at radius 1 is 1.12 bits per heavy atom. The molecule has 0 saturated carbocycles. The SMILES string of the molecule is COC1CN(c2ccc(NC(=O)NCCc3ccccc3)cc2)C1. The molecule has 126 valence electrons. The number of nitrogens with zero attached hydrogens (tertiary/aromatic N) is 1. The van der Waals surface area contributed by atoms with Gasteiger partial charge in [-0.3, -0.25) is 0 Å². The molecule has 0 spiro atoms. The molecule has 5 heteroatoms. The number of anilines is 2. The Morgan fingerprint density at radius 3 is 2.50 bits per heavy atom. The van der Waals surface area contributed by atoms with Crippen LogP contribution in [-0.2, 0) is 11.2 Å². The lowest BCUT2D eigenvalue weighted by molar-refractivity contribution is 0.0788. The summed E-state index contributed by atoms with van der Waals surface area (Å²) in [5.74, 6) is 0. The summed E-state index contributed by atoms with van der Waals surface area (Å²) in [5.41, 5.74) is 3.16. The van der Waals surface area contributed by atoms with Crippen molar-refractivity contribution >= 4 is 17.4 Å². The highest BCUT2D eigenvalue weighted by atomic mass is 16.5. The van der Waals surface area contributed by atoms with Crippen LogP contribution >= 0.6 is 0 Å². The zero-order chi connectivity index (χ0) is 16.8. The van der Waals surface area contributed by atoms with Crippen LogP contribution in [0.2, 0.25) is 0 Å². The van der Waals surface area contributed by atoms with Gasteiger partial charge in [0.2, 0.25) is 0 Å². The molecule has 2 aromatic carbocycles. The first-order valence-corrected chi connectivity index (χ1v) is 8.21. The number of amides is 2. The molecule has 2 amide bonds. The third-order valence-corrected chi connectivity index (χ3v) is 4.21. The number of methoxy groups -OCH3 is 1. The summed E-state index contributed by atoms with van der Waals surface area (Å²) in [6.45, 7) is 2.45. The van der Waals surface area contributed by atoms with Crippen molar-refractivity contribution in [2.45, 2.75) is 12.5 Å². The number of urea groups is 1. The van der Waals surface area contributed by atoms with Gasteiger partial charge in [-0.15, -0.1) is 0 Å². The van der Waals surface area contributed by atoms with E-state index < -0.39 is 0 Å². The molecule has 0 radical (unpaired) electrons. The van der Waals surface area contributed by atoms with Gasteiger partial charge in [0, 0.05) is 38.1 Å². The fraction of sp³-hybridized carbons (Fsp3) is 0.316. The monoisotopic (exact) mass is 325 g/mol. The van der Waals surface area contributed by atoms with Crippen molar-refractivity contribution in [3.05, 3.63) is 60.2 Å². The molecule has 0 unspecified atom stereocenters. The highest BCUT2D eigenvalue weighted by molar-refractivity contribution is 5.89. The van der Waals surface area contributed by atoms with E-state index in [1.165, 1.54) is 5.56 Å². The van der Waals surface area contributed by atoms with Crippen LogP contribution in [0.5, 0.6) is 0 Å². The number of rotatable bonds is 6. The standard InChI is InChI=1S/C19H23N3O2/c1-24-18-13-22(14-18)17-9-7-16(8-10-17)21-19(23)20-12-11-15-5-3-2-4-6-15/h2-10,18H,11-14H2,1H3,(H2,20,21,23). The van der Waals surface area contributed by atoms with E-state index in [4.69, 9.17) is 4.74 Å². The van der Waals surface area contributed by atoms with E-state index in [0.717, 1.165) is 30.9 Å². The van der Waals surface area contributed by atoms with E-state index in [0.29, 0.717) is 12.6 Å². The normalized spacial score (nSPS) is 14.1. The molecule has 5 nitrogen and oxygen atoms in total. The topological polar surface area (TPSA) is 53.6 Å². The lowest BCUT2D eigenvalue weighted by atomic mass is 10.1. The number of ether oxygens (including phenoxy) is 1. The fourth-order valence-corrected chi connectivity index (χ4v) is 2.69. The van der Waals surface area contributed by atoms with Crippen molar-refractivity contribution in [3.8, 4) is 0 Å². The van der Waals surface area contributed by atoms with Gasteiger partial charge >= 0.3 is 6.03 Å². The second kappa shape index (κ2) is 7.84. The Balaban J connectivity index is 1.41. The highest BCUT2D eigenvalue weighted by Crippen LogP contribution is 2.23. The molecule has 1 aliphatic rings. The Kier molecular flexibility index (Phi) is 5.33. The van der Waals surface area contributed by atoms with E-state index in [1.807, 2.05) is 42.5 Å². The van der Waals surface area contributed by atoms with Gasteiger partial charge < -0.3 is 20.3 Å². The molecule has 0 bridgehead atoms. The number of benzene rings is 2. The maximum Gasteiger partial charge on any atom is 0.319 e. The zero-order valence-corrected chi connectivity index (χ0v) is 13.9. The fourth-order valence-electron chi connectivity index (χ4n) is 2.69. The van der Waals surface area contributed by atoms with Crippen LogP contribution in [0, 0.1) is 0 Å². The summed E-state index contributed by atoms with van der Waals surface area (Å²) in [6.07, 6.45) is 1.15. The van der Waals surface area contributed by atoms with Crippen molar-refractivity contribution in [1.82, 2.24) is 5.32 Å². The second-order valence-corrected chi connectivity index (χ2v) is 5.93. The molecule has 0 aromatic heterocycles. The Hall–Kier alpha value is -2.53. The van der Waals surface area contributed by atoms with E-state index in [9.17, 15) is 4.79 Å². The Morgan fingerprint density at radius 2 is 1.83 bits per heavy atom. The highest BCUT2D eigenvalue weighted by Gasteiger charge is 2.26. The number of hydrogen-bond donors (Lipinski definition) is 2. The first-order chi connectivity index (χ1) is 11.7. The van der Waals surface area contributed by atoms with Gasteiger partial charge in [0.05, 0.1) is 6.10 Å². The summed E-state index contributed by atoms with van der Waals surface area (Å²) in [7, 11) is 1.74. The van der Waals surface area contributed by atoms with Crippen molar-refractivity contribution in [2.24, 2.45) is 0 Å². The summed E-state index contributed by atoms with van der Waals surface area (Å²) in [5, 5.41) is 5.73. The van der Waals surface area contributed by atoms with Gasteiger partial charge in [-0.25, -0.2) is 4.79 Å². The minimum absolute atomic E-state index is 0.179. The van der Waals surface area contributed by atoms with Crippen LogP contribution in [0.3, 0.4) is 0 Å². The largest absolute Gasteiger partial charge is 0.378 e. The molecule has 1 heterocycles. The predicted octanol–water partition coefficient (Wildman–Crippen LogP) is 2.89. The molecule has 2 N–H and O–H groups in total. The second-order valence-electron chi connectivity index (χ2n) is 5.93. The van der Waals surface area contributed by atoms with Crippen LogP contribution in [0.1, 0.15) is 5.56 Å². The van der Waals surface area contributed by atoms with Gasteiger partial charge in [0.25, 0.3) is 0 Å². The lowest BCUT2D eigenvalue weighted by Gasteiger charge is -2.40. The first-order valence-electron chi connectivity index (χ1n) is 8.21. The zero-order valence-electron chi connectivity index (χ0n) is 13.9. The van der Waals surface area contributed by atoms with Crippen molar-refractivity contribution < 1.29 is 9.53 Å². The van der Waals surface area contributed by atoms with Crippen LogP contribution < -0.4 is 15.5 Å². The van der Waals surface area contributed by atoms with Crippen LogP contribution in [0.4, 0.5) is 16.2 Å². The van der Waals surface area contributed by atoms with E-state index in [-0.39, 0.29) is 6.03 Å². The summed E-state index contributed by atoms with van der Waals surface area (Å²) in [4.78, 5) is 14.2. The average Bonchev–Trinajstić information content (AvgIpc) is 2.56. The number of nitrogens with one attached hydrogen (secondary N) is 2. The smallest absolute Gasteiger partial charge is 0.319 e. The average molecular weight is 325 g/mol. The van der Waals surface area contributed by atoms with Gasteiger partial charge in [-0.05, 0) is 36.2 Å². The molecule has 1 aliphatic heterocycles. The van der Waals surface area contributed by atoms with E-state index >= 15 is 0 Å². The van der Waals surface area contributed by atoms with Crippen LogP contribution in [-0.4, -0.2) is 38.9 Å². The van der Waals surface area contributed by atoms with Crippen LogP contribution in [0.25, 0.3) is 0 Å². The Bertz CT molecular complexity index is 652. The van der Waals surface area contributed by atoms with E-state index in [1.54, 1.807) is 7.11 Å². The maximum atomic E-state index is 11.9. The van der Waals surface area contributed by atoms with Crippen molar-refractivity contribution in [2.75, 3.05) is 37.0 Å². The molecule has 3 rings (SSSR count). The number of hydrogen-bond acceptors (Lipinski definition) is 3. The predicted molar refractivity (Wildman–Crippen MR) is 96.6 cm³/mol. The maximum absolute atomic E-state index is 11.9. The molecule has 1 saturated heterocycles. The quantitative estimate of drug-likeness (QED) is 0.859. The van der Waals surface area contributed by atoms with E-state index in [2.05, 4.69) is 27.7 Å². The number of carbonyl (C=O) groups is 1. The summed E-state index contributed by atoms with van der Waals surface area (Å²) >= 11 is 0. The first kappa shape index (κ1) is 16.3. The molecule has 1 fully saturated rings. The van der Waals surface area contributed by atoms with Crippen molar-refractivity contribution in [1.29, 1.82) is 0 Å². The van der Waals surface area contributed by atoms with Gasteiger partial charge in [0.1, 0.15) is 0 Å². The summed E-state index contributed by atoms with van der Waals surface area (Å²) in [6, 6.07) is 17.8. The van der Waals surface area contributed by atoms with Gasteiger partial charge in [-0.2, -0.15) is 0 Å². The number of carbonyl (C=O) groups excluding carboxylic acids is 1. The van der Waals surface area contributed by atoms with Crippen LogP contribution in [0.15, 0.2) is 54.6 Å². The lowest BCUT2D eigenvalue weighted by Crippen LogP contribution is -2.51. The van der Waals surface area contributed by atoms with Gasteiger partial charge in [-0.1, -0.05) is 30.3 Å². The molecular weight excluding hydrogens is 302 g/mol. The third-order valence-electron chi connectivity index (χ3n) is 4.21. The molecule has 0 atom stereocenters. The van der Waals surface area contributed by atoms with Gasteiger partial charge in [0.15, 0.2) is 0 Å². The molecule has 24 heavy (non-hydrogen) atoms. The molecular formula is C19H23N3O2. The Labute approximate surface area is 142 Å². The molecule has 0 aliphatic carbocycles. The minimum Gasteiger partial charge on any atom is -0.378 e. The molecule has 2 aromatic rings. The minimum atomic E-state index is -0.179. The van der Waals surface area contributed by atoms with Crippen molar-refractivity contribution in [3.63, 3.8) is 0 Å².